The summed E-state index contributed by atoms with van der Waals surface area (Å²) in [6.07, 6.45) is 0.771. The molecule has 1 heterocycles. The highest BCUT2D eigenvalue weighted by molar-refractivity contribution is 5.94. The van der Waals surface area contributed by atoms with Crippen molar-refractivity contribution in [1.29, 1.82) is 0 Å². The number of carbonyl (C=O) groups excluding carboxylic acids is 1. The molecule has 5 heteroatoms. The number of hydrogen-bond acceptors (Lipinski definition) is 3. The fourth-order valence-corrected chi connectivity index (χ4v) is 3.65. The van der Waals surface area contributed by atoms with Gasteiger partial charge in [0, 0.05) is 12.1 Å². The maximum atomic E-state index is 13.2. The minimum Gasteiger partial charge on any atom is -0.497 e. The van der Waals surface area contributed by atoms with Crippen molar-refractivity contribution in [3.8, 4) is 22.7 Å². The van der Waals surface area contributed by atoms with E-state index in [4.69, 9.17) is 9.84 Å². The van der Waals surface area contributed by atoms with Crippen LogP contribution in [0.3, 0.4) is 0 Å². The predicted molar refractivity (Wildman–Crippen MR) is 128 cm³/mol. The van der Waals surface area contributed by atoms with E-state index in [1.807, 2.05) is 62.4 Å². The molecular weight excluding hydrogens is 398 g/mol. The molecular formula is C27H27N3O2. The lowest BCUT2D eigenvalue weighted by atomic mass is 10.1. The van der Waals surface area contributed by atoms with Crippen molar-refractivity contribution >= 4 is 5.91 Å². The molecule has 0 bridgehead atoms. The summed E-state index contributed by atoms with van der Waals surface area (Å²) in [5.41, 5.74) is 6.36. The van der Waals surface area contributed by atoms with E-state index >= 15 is 0 Å². The molecule has 0 fully saturated rings. The van der Waals surface area contributed by atoms with Gasteiger partial charge >= 0.3 is 0 Å². The summed E-state index contributed by atoms with van der Waals surface area (Å²) in [5.74, 6) is 0.598. The second-order valence-corrected chi connectivity index (χ2v) is 7.84. The Morgan fingerprint density at radius 1 is 0.969 bits per heavy atom. The van der Waals surface area contributed by atoms with Crippen LogP contribution in [-0.4, -0.2) is 29.3 Å². The number of nitrogens with zero attached hydrogens (tertiary/aromatic N) is 2. The van der Waals surface area contributed by atoms with E-state index in [9.17, 15) is 4.79 Å². The summed E-state index contributed by atoms with van der Waals surface area (Å²) in [7, 11) is 1.64. The largest absolute Gasteiger partial charge is 0.497 e. The summed E-state index contributed by atoms with van der Waals surface area (Å²) >= 11 is 0. The first-order chi connectivity index (χ1) is 15.5. The molecule has 4 rings (SSSR count). The van der Waals surface area contributed by atoms with Gasteiger partial charge in [0.2, 0.25) is 0 Å². The first kappa shape index (κ1) is 21.4. The SMILES string of the molecule is COc1cccc(-c2cc(C(=O)NCCc3ccccc3)n(-c3cc(C)ccc3C)n2)c1. The number of ether oxygens (including phenoxy) is 1. The Hall–Kier alpha value is -3.86. The van der Waals surface area contributed by atoms with Crippen LogP contribution in [0.2, 0.25) is 0 Å². The third kappa shape index (κ3) is 4.72. The molecule has 3 aromatic carbocycles. The minimum atomic E-state index is -0.150. The van der Waals surface area contributed by atoms with Crippen molar-refractivity contribution in [1.82, 2.24) is 15.1 Å². The van der Waals surface area contributed by atoms with Crippen LogP contribution in [-0.2, 0) is 6.42 Å². The number of amides is 1. The lowest BCUT2D eigenvalue weighted by Crippen LogP contribution is -2.28. The molecule has 4 aromatic rings. The fourth-order valence-electron chi connectivity index (χ4n) is 3.65. The molecule has 1 amide bonds. The van der Waals surface area contributed by atoms with E-state index in [0.717, 1.165) is 40.2 Å². The third-order valence-corrected chi connectivity index (χ3v) is 5.44. The Kier molecular flexibility index (Phi) is 6.36. The molecule has 32 heavy (non-hydrogen) atoms. The molecule has 162 valence electrons. The summed E-state index contributed by atoms with van der Waals surface area (Å²) in [5, 5.41) is 7.87. The topological polar surface area (TPSA) is 56.1 Å². The van der Waals surface area contributed by atoms with Crippen LogP contribution in [0.1, 0.15) is 27.2 Å². The number of aryl methyl sites for hydroxylation is 2. The van der Waals surface area contributed by atoms with Crippen LogP contribution in [0.15, 0.2) is 78.9 Å². The number of nitrogens with one attached hydrogen (secondary N) is 1. The van der Waals surface area contributed by atoms with Gasteiger partial charge in [-0.05, 0) is 61.2 Å². The fraction of sp³-hybridized carbons (Fsp3) is 0.185. The third-order valence-electron chi connectivity index (χ3n) is 5.44. The van der Waals surface area contributed by atoms with Gasteiger partial charge in [-0.1, -0.05) is 54.6 Å². The van der Waals surface area contributed by atoms with Crippen LogP contribution in [0.25, 0.3) is 16.9 Å². The first-order valence-corrected chi connectivity index (χ1v) is 10.7. The average Bonchev–Trinajstić information content (AvgIpc) is 3.27. The molecule has 0 aliphatic heterocycles. The number of hydrogen-bond donors (Lipinski definition) is 1. The van der Waals surface area contributed by atoms with E-state index in [-0.39, 0.29) is 5.91 Å². The summed E-state index contributed by atoms with van der Waals surface area (Å²) in [6, 6.07) is 25.8. The van der Waals surface area contributed by atoms with E-state index in [2.05, 4.69) is 35.6 Å². The zero-order valence-corrected chi connectivity index (χ0v) is 18.6. The number of rotatable bonds is 7. The average molecular weight is 426 g/mol. The van der Waals surface area contributed by atoms with Gasteiger partial charge in [0.15, 0.2) is 0 Å². The molecule has 0 radical (unpaired) electrons. The van der Waals surface area contributed by atoms with Gasteiger partial charge in [-0.25, -0.2) is 4.68 Å². The Bertz CT molecular complexity index is 1230. The Labute approximate surface area is 188 Å². The van der Waals surface area contributed by atoms with Crippen molar-refractivity contribution in [2.75, 3.05) is 13.7 Å². The quantitative estimate of drug-likeness (QED) is 0.446. The maximum absolute atomic E-state index is 13.2. The molecule has 1 aromatic heterocycles. The first-order valence-electron chi connectivity index (χ1n) is 10.7. The molecule has 0 aliphatic carbocycles. The van der Waals surface area contributed by atoms with Gasteiger partial charge in [-0.2, -0.15) is 5.10 Å². The maximum Gasteiger partial charge on any atom is 0.270 e. The van der Waals surface area contributed by atoms with Gasteiger partial charge in [-0.15, -0.1) is 0 Å². The van der Waals surface area contributed by atoms with Crippen molar-refractivity contribution in [2.24, 2.45) is 0 Å². The molecule has 5 nitrogen and oxygen atoms in total. The Morgan fingerprint density at radius 2 is 1.78 bits per heavy atom. The second-order valence-electron chi connectivity index (χ2n) is 7.84. The summed E-state index contributed by atoms with van der Waals surface area (Å²) in [4.78, 5) is 13.2. The van der Waals surface area contributed by atoms with Crippen LogP contribution in [0.4, 0.5) is 0 Å². The number of carbonyl (C=O) groups is 1. The monoisotopic (exact) mass is 425 g/mol. The minimum absolute atomic E-state index is 0.150. The zero-order valence-electron chi connectivity index (χ0n) is 18.6. The number of methoxy groups -OCH3 is 1. The number of aromatic nitrogens is 2. The number of benzene rings is 3. The molecule has 0 saturated carbocycles. The van der Waals surface area contributed by atoms with Gasteiger partial charge in [0.1, 0.15) is 11.4 Å². The van der Waals surface area contributed by atoms with Gasteiger partial charge in [0.05, 0.1) is 18.5 Å². The van der Waals surface area contributed by atoms with Crippen LogP contribution in [0, 0.1) is 13.8 Å². The van der Waals surface area contributed by atoms with Gasteiger partial charge in [-0.3, -0.25) is 4.79 Å². The molecule has 0 aliphatic rings. The van der Waals surface area contributed by atoms with Crippen molar-refractivity contribution in [2.45, 2.75) is 20.3 Å². The Balaban J connectivity index is 1.68. The van der Waals surface area contributed by atoms with Gasteiger partial charge < -0.3 is 10.1 Å². The molecule has 0 saturated heterocycles. The Morgan fingerprint density at radius 3 is 2.56 bits per heavy atom. The standard InChI is InChI=1S/C27H27N3O2/c1-19-12-13-20(2)25(16-19)30-26(27(31)28-15-14-21-8-5-4-6-9-21)18-24(29-30)22-10-7-11-23(17-22)32-3/h4-13,16-18H,14-15H2,1-3H3,(H,28,31). The lowest BCUT2D eigenvalue weighted by Gasteiger charge is -2.11. The highest BCUT2D eigenvalue weighted by Crippen LogP contribution is 2.26. The van der Waals surface area contributed by atoms with Crippen LogP contribution < -0.4 is 10.1 Å². The van der Waals surface area contributed by atoms with E-state index in [1.54, 1.807) is 11.8 Å². The second kappa shape index (κ2) is 9.52. The normalized spacial score (nSPS) is 10.7. The van der Waals surface area contributed by atoms with Gasteiger partial charge in [0.25, 0.3) is 5.91 Å². The van der Waals surface area contributed by atoms with Crippen LogP contribution >= 0.6 is 0 Å². The summed E-state index contributed by atoms with van der Waals surface area (Å²) in [6.45, 7) is 4.61. The molecule has 0 atom stereocenters. The zero-order chi connectivity index (χ0) is 22.5. The van der Waals surface area contributed by atoms with Crippen molar-refractivity contribution in [3.63, 3.8) is 0 Å². The van der Waals surface area contributed by atoms with Crippen LogP contribution in [0.5, 0.6) is 5.75 Å². The highest BCUT2D eigenvalue weighted by atomic mass is 16.5. The molecule has 0 unspecified atom stereocenters. The summed E-state index contributed by atoms with van der Waals surface area (Å²) < 4.78 is 7.11. The van der Waals surface area contributed by atoms with Crippen molar-refractivity contribution in [3.05, 3.63) is 101 Å². The predicted octanol–water partition coefficient (Wildman–Crippen LogP) is 5.14. The molecule has 0 spiro atoms. The van der Waals surface area contributed by atoms with Crippen molar-refractivity contribution < 1.29 is 9.53 Å². The smallest absolute Gasteiger partial charge is 0.270 e. The lowest BCUT2D eigenvalue weighted by molar-refractivity contribution is 0.0946. The van der Waals surface area contributed by atoms with E-state index in [1.165, 1.54) is 5.56 Å². The molecule has 1 N–H and O–H groups in total. The van der Waals surface area contributed by atoms with E-state index < -0.39 is 0 Å². The van der Waals surface area contributed by atoms with E-state index in [0.29, 0.717) is 12.2 Å². The highest BCUT2D eigenvalue weighted by Gasteiger charge is 2.19.